The first kappa shape index (κ1) is 22.4. The Morgan fingerprint density at radius 3 is 2.64 bits per heavy atom. The van der Waals surface area contributed by atoms with Gasteiger partial charge in [0, 0.05) is 29.2 Å². The Kier molecular flexibility index (Phi) is 5.64. The summed E-state index contributed by atoms with van der Waals surface area (Å²) in [6, 6.07) is 11.4. The summed E-state index contributed by atoms with van der Waals surface area (Å²) in [6.45, 7) is 4.02. The molecule has 10 nitrogen and oxygen atoms in total. The highest BCUT2D eigenvalue weighted by Gasteiger charge is 2.41. The van der Waals surface area contributed by atoms with Gasteiger partial charge in [-0.3, -0.25) is 19.8 Å². The van der Waals surface area contributed by atoms with Gasteiger partial charge in [-0.15, -0.1) is 0 Å². The lowest BCUT2D eigenvalue weighted by Crippen LogP contribution is -2.55. The van der Waals surface area contributed by atoms with Crippen LogP contribution in [0.1, 0.15) is 25.0 Å². The number of aliphatic hydroxyl groups is 1. The monoisotopic (exact) mass is 451 g/mol. The molecule has 6 N–H and O–H groups in total. The number of fused-ring (bicyclic) bond motifs is 1. The van der Waals surface area contributed by atoms with E-state index in [1.807, 2.05) is 13.8 Å². The lowest BCUT2D eigenvalue weighted by molar-refractivity contribution is -0.150. The number of nitrogens with two attached hydrogens (primary N) is 1. The number of carbonyl (C=O) groups excluding carboxylic acids is 3. The van der Waals surface area contributed by atoms with E-state index in [0.29, 0.717) is 22.6 Å². The average molecular weight is 451 g/mol. The molecule has 3 amide bonds. The zero-order valence-corrected chi connectivity index (χ0v) is 18.2. The Morgan fingerprint density at radius 1 is 1.27 bits per heavy atom. The molecule has 1 saturated heterocycles. The van der Waals surface area contributed by atoms with Crippen molar-refractivity contribution in [3.63, 3.8) is 0 Å². The van der Waals surface area contributed by atoms with E-state index in [-0.39, 0.29) is 24.9 Å². The number of anilines is 3. The molecule has 2 aromatic carbocycles. The van der Waals surface area contributed by atoms with Gasteiger partial charge >= 0.3 is 0 Å². The molecule has 0 saturated carbocycles. The summed E-state index contributed by atoms with van der Waals surface area (Å²) in [5, 5.41) is 23.3. The van der Waals surface area contributed by atoms with Crippen molar-refractivity contribution >= 4 is 40.6 Å². The van der Waals surface area contributed by atoms with Gasteiger partial charge in [0.05, 0.1) is 12.0 Å². The third kappa shape index (κ3) is 4.06. The maximum absolute atomic E-state index is 13.1. The molecule has 10 heteroatoms. The number of amidine groups is 1. The van der Waals surface area contributed by atoms with Crippen molar-refractivity contribution in [3.05, 3.63) is 53.6 Å². The van der Waals surface area contributed by atoms with E-state index in [9.17, 15) is 19.5 Å². The predicted octanol–water partition coefficient (Wildman–Crippen LogP) is 0.932. The number of rotatable bonds is 5. The molecule has 0 aliphatic carbocycles. The van der Waals surface area contributed by atoms with E-state index in [1.165, 1.54) is 17.0 Å². The fourth-order valence-corrected chi connectivity index (χ4v) is 3.92. The normalized spacial score (nSPS) is 20.1. The van der Waals surface area contributed by atoms with E-state index in [4.69, 9.17) is 15.9 Å². The molecule has 1 fully saturated rings. The SMILES string of the molecule is CC1(C)C(=O)Nc2cc(N3CCOC([C@@H](O)C(=O)Nc4ccc(C(=N)N)cc4)C3=O)ccc21. The molecule has 33 heavy (non-hydrogen) atoms. The van der Waals surface area contributed by atoms with Gasteiger partial charge in [-0.1, -0.05) is 6.07 Å². The highest BCUT2D eigenvalue weighted by molar-refractivity contribution is 6.08. The van der Waals surface area contributed by atoms with Crippen molar-refractivity contribution in [3.8, 4) is 0 Å². The van der Waals surface area contributed by atoms with Crippen LogP contribution in [0.3, 0.4) is 0 Å². The molecular weight excluding hydrogens is 426 g/mol. The van der Waals surface area contributed by atoms with E-state index < -0.39 is 29.4 Å². The van der Waals surface area contributed by atoms with Gasteiger partial charge in [0.2, 0.25) is 5.91 Å². The summed E-state index contributed by atoms with van der Waals surface area (Å²) in [6.07, 6.45) is -3.12. The number of nitrogens with zero attached hydrogens (tertiary/aromatic N) is 1. The number of benzene rings is 2. The first-order valence-electron chi connectivity index (χ1n) is 10.4. The highest BCUT2D eigenvalue weighted by atomic mass is 16.5. The second-order valence-corrected chi connectivity index (χ2v) is 8.52. The number of nitrogens with one attached hydrogen (secondary N) is 3. The van der Waals surface area contributed by atoms with Crippen LogP contribution in [-0.2, 0) is 24.5 Å². The maximum atomic E-state index is 13.1. The van der Waals surface area contributed by atoms with E-state index in [1.54, 1.807) is 30.3 Å². The van der Waals surface area contributed by atoms with Crippen molar-refractivity contribution in [2.24, 2.45) is 5.73 Å². The lowest BCUT2D eigenvalue weighted by Gasteiger charge is -2.34. The summed E-state index contributed by atoms with van der Waals surface area (Å²) >= 11 is 0. The standard InChI is InChI=1S/C23H25N5O5/c1-23(2)15-8-7-14(11-16(15)27-22(23)32)28-9-10-33-18(21(28)31)17(29)20(30)26-13-5-3-12(4-6-13)19(24)25/h3-8,11,17-18,29H,9-10H2,1-2H3,(H3,24,25)(H,26,30)(H,27,32)/t17-,18?/m1/s1. The third-order valence-electron chi connectivity index (χ3n) is 5.94. The quantitative estimate of drug-likeness (QED) is 0.336. The van der Waals surface area contributed by atoms with Gasteiger partial charge in [0.15, 0.2) is 12.2 Å². The summed E-state index contributed by atoms with van der Waals surface area (Å²) in [4.78, 5) is 39.3. The van der Waals surface area contributed by atoms with E-state index in [0.717, 1.165) is 5.56 Å². The lowest BCUT2D eigenvalue weighted by atomic mass is 9.86. The first-order chi connectivity index (χ1) is 15.6. The molecule has 2 atom stereocenters. The minimum Gasteiger partial charge on any atom is -0.384 e. The Morgan fingerprint density at radius 2 is 1.97 bits per heavy atom. The molecule has 0 aromatic heterocycles. The predicted molar refractivity (Wildman–Crippen MR) is 122 cm³/mol. The molecule has 2 aromatic rings. The summed E-state index contributed by atoms with van der Waals surface area (Å²) in [5.41, 5.74) is 7.62. The first-order valence-corrected chi connectivity index (χ1v) is 10.4. The van der Waals surface area contributed by atoms with Crippen LogP contribution in [0.5, 0.6) is 0 Å². The number of carbonyl (C=O) groups is 3. The minimum absolute atomic E-state index is 0.108. The Balaban J connectivity index is 1.48. The summed E-state index contributed by atoms with van der Waals surface area (Å²) in [5.74, 6) is -1.58. The van der Waals surface area contributed by atoms with Gasteiger partial charge in [-0.25, -0.2) is 0 Å². The molecule has 2 aliphatic rings. The molecular formula is C23H25N5O5. The van der Waals surface area contributed by atoms with Crippen LogP contribution in [0.2, 0.25) is 0 Å². The number of amides is 3. The zero-order chi connectivity index (χ0) is 23.9. The Bertz CT molecular complexity index is 1140. The fourth-order valence-electron chi connectivity index (χ4n) is 3.92. The van der Waals surface area contributed by atoms with Crippen molar-refractivity contribution in [2.45, 2.75) is 31.5 Å². The van der Waals surface area contributed by atoms with Crippen molar-refractivity contribution in [1.29, 1.82) is 5.41 Å². The van der Waals surface area contributed by atoms with Crippen LogP contribution >= 0.6 is 0 Å². The number of hydrogen-bond acceptors (Lipinski definition) is 6. The van der Waals surface area contributed by atoms with Gasteiger partial charge in [-0.2, -0.15) is 0 Å². The van der Waals surface area contributed by atoms with Gasteiger partial charge in [0.1, 0.15) is 5.84 Å². The third-order valence-corrected chi connectivity index (χ3v) is 5.94. The summed E-state index contributed by atoms with van der Waals surface area (Å²) < 4.78 is 5.44. The molecule has 0 spiro atoms. The number of nitrogen functional groups attached to an aromatic ring is 1. The fraction of sp³-hybridized carbons (Fsp3) is 0.304. The van der Waals surface area contributed by atoms with Crippen LogP contribution in [0.15, 0.2) is 42.5 Å². The molecule has 0 radical (unpaired) electrons. The zero-order valence-electron chi connectivity index (χ0n) is 18.2. The molecule has 1 unspecified atom stereocenters. The molecule has 2 aliphatic heterocycles. The molecule has 4 rings (SSSR count). The van der Waals surface area contributed by atoms with Gasteiger partial charge in [-0.05, 0) is 55.8 Å². The number of ether oxygens (including phenoxy) is 1. The molecule has 0 bridgehead atoms. The van der Waals surface area contributed by atoms with Crippen LogP contribution in [0, 0.1) is 5.41 Å². The Hall–Kier alpha value is -3.76. The Labute approximate surface area is 190 Å². The highest BCUT2D eigenvalue weighted by Crippen LogP contribution is 2.39. The topological polar surface area (TPSA) is 158 Å². The maximum Gasteiger partial charge on any atom is 0.259 e. The number of aliphatic hydroxyl groups excluding tert-OH is 1. The molecule has 2 heterocycles. The summed E-state index contributed by atoms with van der Waals surface area (Å²) in [7, 11) is 0. The largest absolute Gasteiger partial charge is 0.384 e. The van der Waals surface area contributed by atoms with Crippen molar-refractivity contribution < 1.29 is 24.2 Å². The van der Waals surface area contributed by atoms with Gasteiger partial charge < -0.3 is 31.1 Å². The average Bonchev–Trinajstić information content (AvgIpc) is 3.01. The second kappa shape index (κ2) is 8.30. The van der Waals surface area contributed by atoms with Crippen LogP contribution in [0.25, 0.3) is 0 Å². The number of hydrogen-bond donors (Lipinski definition) is 5. The van der Waals surface area contributed by atoms with Crippen molar-refractivity contribution in [2.75, 3.05) is 28.7 Å². The second-order valence-electron chi connectivity index (χ2n) is 8.52. The molecule has 172 valence electrons. The smallest absolute Gasteiger partial charge is 0.259 e. The van der Waals surface area contributed by atoms with E-state index in [2.05, 4.69) is 10.6 Å². The van der Waals surface area contributed by atoms with E-state index >= 15 is 0 Å². The van der Waals surface area contributed by atoms with Crippen LogP contribution in [-0.4, -0.2) is 54.0 Å². The van der Waals surface area contributed by atoms with Crippen LogP contribution < -0.4 is 21.3 Å². The number of morpholine rings is 1. The van der Waals surface area contributed by atoms with Crippen molar-refractivity contribution in [1.82, 2.24) is 0 Å². The minimum atomic E-state index is -1.74. The van der Waals surface area contributed by atoms with Crippen LogP contribution in [0.4, 0.5) is 17.1 Å². The van der Waals surface area contributed by atoms with Gasteiger partial charge in [0.25, 0.3) is 11.8 Å².